The van der Waals surface area contributed by atoms with E-state index in [4.69, 9.17) is 32.7 Å². The van der Waals surface area contributed by atoms with Crippen molar-refractivity contribution in [1.82, 2.24) is 15.1 Å². The molecule has 172 valence electrons. The summed E-state index contributed by atoms with van der Waals surface area (Å²) in [5, 5.41) is 10.9. The number of aromatic nitrogens is 2. The molecule has 1 aromatic heterocycles. The molecule has 0 unspecified atom stereocenters. The third-order valence-corrected chi connectivity index (χ3v) is 6.41. The molecule has 2 N–H and O–H groups in total. The third kappa shape index (κ3) is 4.12. The van der Waals surface area contributed by atoms with Crippen molar-refractivity contribution in [2.24, 2.45) is 7.05 Å². The maximum absolute atomic E-state index is 13.2. The molecule has 0 aliphatic carbocycles. The molecule has 0 saturated heterocycles. The molecule has 0 bridgehead atoms. The lowest BCUT2D eigenvalue weighted by Gasteiger charge is -2.32. The van der Waals surface area contributed by atoms with E-state index in [2.05, 4.69) is 15.7 Å². The van der Waals surface area contributed by atoms with Crippen molar-refractivity contribution in [2.45, 2.75) is 18.9 Å². The maximum atomic E-state index is 13.2. The Hall–Kier alpha value is -3.23. The number of fused-ring (bicyclic) bond motifs is 1. The van der Waals surface area contributed by atoms with Crippen molar-refractivity contribution < 1.29 is 19.1 Å². The van der Waals surface area contributed by atoms with Crippen LogP contribution < -0.4 is 20.1 Å². The molecule has 1 aliphatic heterocycles. The molecule has 8 nitrogen and oxygen atoms in total. The lowest BCUT2D eigenvalue weighted by Crippen LogP contribution is -2.50. The molecule has 2 amide bonds. The molecule has 4 rings (SSSR count). The number of ether oxygens (including phenoxy) is 2. The van der Waals surface area contributed by atoms with Crippen LogP contribution in [-0.2, 0) is 11.8 Å². The third-order valence-electron chi connectivity index (χ3n) is 5.67. The smallest absolute Gasteiger partial charge is 0.252 e. The molecule has 33 heavy (non-hydrogen) atoms. The van der Waals surface area contributed by atoms with E-state index in [9.17, 15) is 9.59 Å². The van der Waals surface area contributed by atoms with Gasteiger partial charge in [-0.2, -0.15) is 5.10 Å². The Morgan fingerprint density at radius 1 is 1.09 bits per heavy atom. The fourth-order valence-electron chi connectivity index (χ4n) is 4.12. The summed E-state index contributed by atoms with van der Waals surface area (Å²) >= 11 is 12.4. The largest absolute Gasteiger partial charge is 0.493 e. The molecule has 2 heterocycles. The van der Waals surface area contributed by atoms with Crippen LogP contribution in [0.25, 0.3) is 0 Å². The van der Waals surface area contributed by atoms with Crippen LogP contribution in [0.5, 0.6) is 11.5 Å². The molecule has 2 atom stereocenters. The van der Waals surface area contributed by atoms with Crippen molar-refractivity contribution in [3.8, 4) is 11.5 Å². The second kappa shape index (κ2) is 8.96. The number of hydrogen-bond acceptors (Lipinski definition) is 5. The molecular weight excluding hydrogens is 467 g/mol. The molecular formula is C23H22Cl2N4O4. The van der Waals surface area contributed by atoms with Gasteiger partial charge in [-0.1, -0.05) is 29.3 Å². The lowest BCUT2D eigenvalue weighted by molar-refractivity contribution is -0.118. The van der Waals surface area contributed by atoms with Crippen LogP contribution >= 0.6 is 23.2 Å². The van der Waals surface area contributed by atoms with E-state index in [1.54, 1.807) is 48.1 Å². The maximum Gasteiger partial charge on any atom is 0.252 e. The summed E-state index contributed by atoms with van der Waals surface area (Å²) in [7, 11) is 4.75. The van der Waals surface area contributed by atoms with Crippen molar-refractivity contribution in [2.75, 3.05) is 19.5 Å². The van der Waals surface area contributed by atoms with Gasteiger partial charge in [-0.3, -0.25) is 14.3 Å². The minimum absolute atomic E-state index is 0.321. The summed E-state index contributed by atoms with van der Waals surface area (Å²) in [6.07, 6.45) is 0. The first-order chi connectivity index (χ1) is 15.7. The predicted octanol–water partition coefficient (Wildman–Crippen LogP) is 3.94. The fourth-order valence-corrected chi connectivity index (χ4v) is 4.43. The summed E-state index contributed by atoms with van der Waals surface area (Å²) < 4.78 is 12.1. The van der Waals surface area contributed by atoms with E-state index in [-0.39, 0.29) is 5.91 Å². The first-order valence-corrected chi connectivity index (χ1v) is 10.8. The zero-order chi connectivity index (χ0) is 23.9. The first kappa shape index (κ1) is 22.9. The molecule has 10 heteroatoms. The SMILES string of the molecule is COc1ccc(C(=O)N[C@H]2C(=O)Nc3c(c(C)nn3C)[C@@H]2c2ccc(Cl)c(Cl)c2)cc1OC. The number of carbonyl (C=O) groups excluding carboxylic acids is 2. The molecule has 1 aliphatic rings. The van der Waals surface area contributed by atoms with E-state index < -0.39 is 17.9 Å². The van der Waals surface area contributed by atoms with Gasteiger partial charge in [0.25, 0.3) is 5.91 Å². The quantitative estimate of drug-likeness (QED) is 0.567. The zero-order valence-electron chi connectivity index (χ0n) is 18.4. The summed E-state index contributed by atoms with van der Waals surface area (Å²) in [6, 6.07) is 9.05. The van der Waals surface area contributed by atoms with Crippen LogP contribution in [0.15, 0.2) is 36.4 Å². The van der Waals surface area contributed by atoms with Crippen molar-refractivity contribution in [1.29, 1.82) is 0 Å². The Morgan fingerprint density at radius 3 is 2.48 bits per heavy atom. The number of rotatable bonds is 5. The van der Waals surface area contributed by atoms with Crippen LogP contribution in [0.2, 0.25) is 10.0 Å². The zero-order valence-corrected chi connectivity index (χ0v) is 19.9. The average Bonchev–Trinajstić information content (AvgIpc) is 3.08. The summed E-state index contributed by atoms with van der Waals surface area (Å²) in [4.78, 5) is 26.3. The highest BCUT2D eigenvalue weighted by Gasteiger charge is 2.41. The van der Waals surface area contributed by atoms with E-state index in [1.807, 2.05) is 6.92 Å². The van der Waals surface area contributed by atoms with Crippen LogP contribution in [-0.4, -0.2) is 41.9 Å². The Bertz CT molecular complexity index is 1260. The fraction of sp³-hybridized carbons (Fsp3) is 0.261. The molecule has 0 saturated carbocycles. The second-order valence-corrected chi connectivity index (χ2v) is 8.45. The summed E-state index contributed by atoms with van der Waals surface area (Å²) in [6.45, 7) is 1.86. The normalized spacial score (nSPS) is 17.2. The molecule has 0 spiro atoms. The highest BCUT2D eigenvalue weighted by atomic mass is 35.5. The number of nitrogens with one attached hydrogen (secondary N) is 2. The Morgan fingerprint density at radius 2 is 1.82 bits per heavy atom. The number of hydrogen-bond donors (Lipinski definition) is 2. The number of methoxy groups -OCH3 is 2. The number of amides is 2. The summed E-state index contributed by atoms with van der Waals surface area (Å²) in [5.74, 6) is 0.145. The van der Waals surface area contributed by atoms with E-state index >= 15 is 0 Å². The number of benzene rings is 2. The van der Waals surface area contributed by atoms with Crippen LogP contribution in [0.1, 0.15) is 33.1 Å². The van der Waals surface area contributed by atoms with Crippen molar-refractivity contribution in [3.63, 3.8) is 0 Å². The van der Waals surface area contributed by atoms with E-state index in [0.717, 1.165) is 16.8 Å². The highest BCUT2D eigenvalue weighted by Crippen LogP contribution is 2.41. The summed E-state index contributed by atoms with van der Waals surface area (Å²) in [5.41, 5.74) is 2.58. The lowest BCUT2D eigenvalue weighted by atomic mass is 9.82. The van der Waals surface area contributed by atoms with Crippen LogP contribution in [0.3, 0.4) is 0 Å². The van der Waals surface area contributed by atoms with E-state index in [0.29, 0.717) is 32.9 Å². The number of aryl methyl sites for hydroxylation is 2. The van der Waals surface area contributed by atoms with Gasteiger partial charge in [0.05, 0.1) is 30.0 Å². The Labute approximate surface area is 200 Å². The molecule has 0 radical (unpaired) electrons. The topological polar surface area (TPSA) is 94.5 Å². The second-order valence-electron chi connectivity index (χ2n) is 7.63. The monoisotopic (exact) mass is 488 g/mol. The molecule has 2 aromatic carbocycles. The predicted molar refractivity (Wildman–Crippen MR) is 126 cm³/mol. The van der Waals surface area contributed by atoms with Gasteiger partial charge in [-0.15, -0.1) is 0 Å². The van der Waals surface area contributed by atoms with Gasteiger partial charge in [0, 0.05) is 24.1 Å². The minimum Gasteiger partial charge on any atom is -0.493 e. The van der Waals surface area contributed by atoms with Gasteiger partial charge in [-0.25, -0.2) is 0 Å². The highest BCUT2D eigenvalue weighted by molar-refractivity contribution is 6.42. The van der Waals surface area contributed by atoms with E-state index in [1.165, 1.54) is 14.2 Å². The molecule has 3 aromatic rings. The number of halogens is 2. The van der Waals surface area contributed by atoms with Gasteiger partial charge < -0.3 is 20.1 Å². The van der Waals surface area contributed by atoms with Crippen molar-refractivity contribution >= 4 is 40.8 Å². The van der Waals surface area contributed by atoms with Crippen LogP contribution in [0.4, 0.5) is 5.82 Å². The number of nitrogens with zero attached hydrogens (tertiary/aromatic N) is 2. The standard InChI is InChI=1S/C23H22Cl2N4O4/c1-11-18-19(12-5-7-14(24)15(25)9-12)20(23(31)27-21(18)29(2)28-11)26-22(30)13-6-8-16(32-3)17(10-13)33-4/h5-10,19-20H,1-4H3,(H,26,30)(H,27,31)/t19-,20+/m0/s1. The Kier molecular flexibility index (Phi) is 6.23. The average molecular weight is 489 g/mol. The first-order valence-electron chi connectivity index (χ1n) is 10.1. The van der Waals surface area contributed by atoms with Gasteiger partial charge in [0.1, 0.15) is 11.9 Å². The van der Waals surface area contributed by atoms with Gasteiger partial charge in [0.2, 0.25) is 5.91 Å². The van der Waals surface area contributed by atoms with Gasteiger partial charge in [-0.05, 0) is 42.8 Å². The number of carbonyl (C=O) groups is 2. The van der Waals surface area contributed by atoms with Gasteiger partial charge >= 0.3 is 0 Å². The van der Waals surface area contributed by atoms with Crippen LogP contribution in [0, 0.1) is 6.92 Å². The Balaban J connectivity index is 1.77. The van der Waals surface area contributed by atoms with Gasteiger partial charge in [0.15, 0.2) is 11.5 Å². The molecule has 0 fully saturated rings. The minimum atomic E-state index is -0.918. The van der Waals surface area contributed by atoms with Crippen molar-refractivity contribution in [3.05, 3.63) is 68.8 Å². The number of anilines is 1.